The van der Waals surface area contributed by atoms with Crippen LogP contribution < -0.4 is 21.5 Å². The van der Waals surface area contributed by atoms with Crippen LogP contribution in [0.2, 0.25) is 0 Å². The molecule has 0 saturated carbocycles. The van der Waals surface area contributed by atoms with Gasteiger partial charge in [-0.25, -0.2) is 4.98 Å². The summed E-state index contributed by atoms with van der Waals surface area (Å²) in [5, 5.41) is 7.88. The van der Waals surface area contributed by atoms with Crippen LogP contribution in [0.5, 0.6) is 0 Å². The predicted octanol–water partition coefficient (Wildman–Crippen LogP) is 3.74. The average molecular weight is 428 g/mol. The molecule has 0 amide bonds. The summed E-state index contributed by atoms with van der Waals surface area (Å²) in [7, 11) is -1.95. The van der Waals surface area contributed by atoms with Crippen molar-refractivity contribution in [3.05, 3.63) is 107 Å². The maximum atomic E-state index is 12.6. The van der Waals surface area contributed by atoms with E-state index in [-0.39, 0.29) is 5.56 Å². The van der Waals surface area contributed by atoms with Crippen LogP contribution in [0.25, 0.3) is 16.2 Å². The Morgan fingerprint density at radius 2 is 1.43 bits per heavy atom. The lowest BCUT2D eigenvalue weighted by atomic mass is 10.1. The summed E-state index contributed by atoms with van der Waals surface area (Å²) in [5.41, 5.74) is 3.17. The van der Waals surface area contributed by atoms with Gasteiger partial charge < -0.3 is 0 Å². The van der Waals surface area contributed by atoms with E-state index in [2.05, 4.69) is 78.5 Å². The first-order valence-electron chi connectivity index (χ1n) is 9.59. The second-order valence-electron chi connectivity index (χ2n) is 7.11. The van der Waals surface area contributed by atoms with E-state index < -0.39 is 7.26 Å². The first kappa shape index (κ1) is 18.9. The molecule has 3 aromatic carbocycles. The molecule has 0 aliphatic carbocycles. The Morgan fingerprint density at radius 1 is 0.833 bits per heavy atom. The highest BCUT2D eigenvalue weighted by Crippen LogP contribution is 2.53. The van der Waals surface area contributed by atoms with Crippen LogP contribution in [0, 0.1) is 0 Å². The van der Waals surface area contributed by atoms with Crippen LogP contribution in [0.4, 0.5) is 0 Å². The molecular formula is C24H19N3OPS+. The number of hydrogen-bond acceptors (Lipinski definition) is 4. The molecule has 5 aromatic rings. The number of fused-ring (bicyclic) bond motifs is 1. The van der Waals surface area contributed by atoms with Gasteiger partial charge in [-0.3, -0.25) is 4.79 Å². The average Bonchev–Trinajstić information content (AvgIpc) is 3.29. The Balaban J connectivity index is 1.81. The van der Waals surface area contributed by atoms with Gasteiger partial charge in [0.05, 0.1) is 12.4 Å². The van der Waals surface area contributed by atoms with Crippen molar-refractivity contribution in [3.63, 3.8) is 0 Å². The van der Waals surface area contributed by atoms with Crippen LogP contribution in [0.15, 0.2) is 101 Å². The number of nitrogens with zero attached hydrogens (tertiary/aromatic N) is 3. The van der Waals surface area contributed by atoms with Gasteiger partial charge in [0, 0.05) is 11.6 Å². The molecule has 0 radical (unpaired) electrons. The van der Waals surface area contributed by atoms with Gasteiger partial charge in [0.15, 0.2) is 0 Å². The Bertz CT molecular complexity index is 1340. The van der Waals surface area contributed by atoms with E-state index in [9.17, 15) is 4.79 Å². The van der Waals surface area contributed by atoms with Crippen molar-refractivity contribution in [2.75, 3.05) is 6.66 Å². The molecule has 0 aliphatic heterocycles. The highest BCUT2D eigenvalue weighted by molar-refractivity contribution is 7.95. The maximum Gasteiger partial charge on any atom is 0.275 e. The van der Waals surface area contributed by atoms with Crippen molar-refractivity contribution in [3.8, 4) is 11.3 Å². The lowest BCUT2D eigenvalue weighted by molar-refractivity contribution is 0.901. The fourth-order valence-electron chi connectivity index (χ4n) is 3.85. The van der Waals surface area contributed by atoms with Gasteiger partial charge in [-0.1, -0.05) is 59.9 Å². The molecule has 0 N–H and O–H groups in total. The molecule has 0 bridgehead atoms. The fourth-order valence-corrected chi connectivity index (χ4v) is 7.92. The number of hydrogen-bond donors (Lipinski definition) is 0. The second-order valence-corrected chi connectivity index (χ2v) is 11.4. The van der Waals surface area contributed by atoms with Crippen molar-refractivity contribution in [2.24, 2.45) is 0 Å². The van der Waals surface area contributed by atoms with Gasteiger partial charge in [0.25, 0.3) is 5.56 Å². The second kappa shape index (κ2) is 7.60. The quantitative estimate of drug-likeness (QED) is 0.410. The first-order chi connectivity index (χ1) is 14.7. The van der Waals surface area contributed by atoms with Gasteiger partial charge in [0.1, 0.15) is 28.7 Å². The first-order valence-corrected chi connectivity index (χ1v) is 12.7. The molecule has 6 heteroatoms. The maximum absolute atomic E-state index is 12.6. The Morgan fingerprint density at radius 3 is 2.10 bits per heavy atom. The summed E-state index contributed by atoms with van der Waals surface area (Å²) in [5.74, 6) is 0. The Hall–Kier alpha value is -3.14. The summed E-state index contributed by atoms with van der Waals surface area (Å²) in [4.78, 5) is 18.0. The summed E-state index contributed by atoms with van der Waals surface area (Å²) in [6, 6.07) is 31.2. The minimum atomic E-state index is -1.95. The van der Waals surface area contributed by atoms with Gasteiger partial charge >= 0.3 is 0 Å². The van der Waals surface area contributed by atoms with Crippen LogP contribution in [-0.4, -0.2) is 21.3 Å². The molecule has 0 spiro atoms. The third kappa shape index (κ3) is 3.07. The molecule has 4 nitrogen and oxygen atoms in total. The van der Waals surface area contributed by atoms with Crippen molar-refractivity contribution < 1.29 is 0 Å². The molecular weight excluding hydrogens is 409 g/mol. The minimum absolute atomic E-state index is 0.162. The summed E-state index contributed by atoms with van der Waals surface area (Å²) < 4.78 is 1.35. The van der Waals surface area contributed by atoms with Crippen LogP contribution in [0.1, 0.15) is 0 Å². The summed E-state index contributed by atoms with van der Waals surface area (Å²) >= 11 is 1.37. The van der Waals surface area contributed by atoms with E-state index in [0.29, 0.717) is 10.7 Å². The molecule has 0 fully saturated rings. The minimum Gasteiger partial charge on any atom is -0.267 e. The number of rotatable bonds is 4. The third-order valence-corrected chi connectivity index (χ3v) is 10.1. The molecule has 146 valence electrons. The van der Waals surface area contributed by atoms with Crippen molar-refractivity contribution >= 4 is 39.5 Å². The highest BCUT2D eigenvalue weighted by Gasteiger charge is 2.42. The topological polar surface area (TPSA) is 47.3 Å². The Kier molecular flexibility index (Phi) is 4.78. The zero-order valence-corrected chi connectivity index (χ0v) is 18.1. The summed E-state index contributed by atoms with van der Waals surface area (Å²) in [6.07, 6.45) is 0. The largest absolute Gasteiger partial charge is 0.275 e. The third-order valence-electron chi connectivity index (χ3n) is 5.39. The van der Waals surface area contributed by atoms with E-state index in [1.807, 2.05) is 18.2 Å². The monoisotopic (exact) mass is 428 g/mol. The normalized spacial score (nSPS) is 11.6. The molecule has 2 heterocycles. The molecule has 2 aromatic heterocycles. The van der Waals surface area contributed by atoms with E-state index >= 15 is 0 Å². The van der Waals surface area contributed by atoms with Crippen molar-refractivity contribution in [2.45, 2.75) is 0 Å². The zero-order chi connectivity index (χ0) is 20.6. The molecule has 0 saturated heterocycles. The van der Waals surface area contributed by atoms with Crippen LogP contribution >= 0.6 is 18.6 Å². The van der Waals surface area contributed by atoms with Gasteiger partial charge in [0.2, 0.25) is 4.96 Å². The van der Waals surface area contributed by atoms with Gasteiger partial charge in [-0.2, -0.15) is 9.61 Å². The SMILES string of the molecule is C[P+](c1ccccc1)(c1ccccc1)c1ccccc1-c1cc(=O)n2ncsc2n1. The predicted molar refractivity (Wildman–Crippen MR) is 127 cm³/mol. The van der Waals surface area contributed by atoms with Gasteiger partial charge in [-0.05, 0) is 36.4 Å². The fraction of sp³-hybridized carbons (Fsp3) is 0.0417. The molecule has 0 aliphatic rings. The lowest BCUT2D eigenvalue weighted by Gasteiger charge is -2.25. The molecule has 0 unspecified atom stereocenters. The zero-order valence-electron chi connectivity index (χ0n) is 16.3. The Labute approximate surface area is 178 Å². The lowest BCUT2D eigenvalue weighted by Crippen LogP contribution is -2.31. The van der Waals surface area contributed by atoms with Gasteiger partial charge in [-0.15, -0.1) is 0 Å². The van der Waals surface area contributed by atoms with E-state index in [1.54, 1.807) is 11.6 Å². The van der Waals surface area contributed by atoms with Crippen molar-refractivity contribution in [1.82, 2.24) is 14.6 Å². The highest BCUT2D eigenvalue weighted by atomic mass is 32.1. The number of benzene rings is 3. The molecule has 30 heavy (non-hydrogen) atoms. The van der Waals surface area contributed by atoms with Crippen molar-refractivity contribution in [1.29, 1.82) is 0 Å². The smallest absolute Gasteiger partial charge is 0.267 e. The molecule has 0 atom stereocenters. The number of aromatic nitrogens is 3. The molecule has 5 rings (SSSR count). The van der Waals surface area contributed by atoms with E-state index in [4.69, 9.17) is 4.98 Å². The standard InChI is InChI=1S/C24H19N3OPS/c1-29(18-10-4-2-5-11-18,19-12-6-3-7-13-19)22-15-9-8-14-20(22)21-16-23(28)27-24(26-21)30-17-25-27/h2-17H,1H3/q+1. The van der Waals surface area contributed by atoms with Crippen LogP contribution in [-0.2, 0) is 0 Å². The van der Waals surface area contributed by atoms with Crippen LogP contribution in [0.3, 0.4) is 0 Å². The van der Waals surface area contributed by atoms with E-state index in [0.717, 1.165) is 5.56 Å². The van der Waals surface area contributed by atoms with E-state index in [1.165, 1.54) is 31.8 Å². The summed E-state index contributed by atoms with van der Waals surface area (Å²) in [6.45, 7) is 2.34.